The predicted molar refractivity (Wildman–Crippen MR) is 89.5 cm³/mol. The van der Waals surface area contributed by atoms with E-state index in [-0.39, 0.29) is 5.91 Å². The maximum absolute atomic E-state index is 12.5. The average Bonchev–Trinajstić information content (AvgIpc) is 3.09. The SMILES string of the molecule is CCCCc1ccc(CC(=O)N2CC3CCC(N)C3C2)cc1. The zero-order valence-electron chi connectivity index (χ0n) is 13.6. The van der Waals surface area contributed by atoms with Gasteiger partial charge in [0, 0.05) is 19.1 Å². The van der Waals surface area contributed by atoms with Crippen molar-refractivity contribution >= 4 is 5.91 Å². The second-order valence-electron chi connectivity index (χ2n) is 7.06. The van der Waals surface area contributed by atoms with Crippen LogP contribution in [0.4, 0.5) is 0 Å². The highest BCUT2D eigenvalue weighted by Crippen LogP contribution is 2.37. The number of unbranched alkanes of at least 4 members (excludes halogenated alkanes) is 1. The van der Waals surface area contributed by atoms with Gasteiger partial charge in [0.2, 0.25) is 5.91 Å². The van der Waals surface area contributed by atoms with E-state index in [1.165, 1.54) is 24.8 Å². The number of likely N-dealkylation sites (tertiary alicyclic amines) is 1. The number of fused-ring (bicyclic) bond motifs is 1. The minimum Gasteiger partial charge on any atom is -0.342 e. The highest BCUT2D eigenvalue weighted by Gasteiger charge is 2.42. The van der Waals surface area contributed by atoms with Crippen molar-refractivity contribution in [3.05, 3.63) is 35.4 Å². The zero-order chi connectivity index (χ0) is 15.5. The van der Waals surface area contributed by atoms with Crippen molar-refractivity contribution < 1.29 is 4.79 Å². The number of rotatable bonds is 5. The fourth-order valence-electron chi connectivity index (χ4n) is 4.00. The molecular formula is C19H28N2O. The summed E-state index contributed by atoms with van der Waals surface area (Å²) in [5.74, 6) is 1.46. The number of nitrogens with zero attached hydrogens (tertiary/aromatic N) is 1. The van der Waals surface area contributed by atoms with Gasteiger partial charge in [0.05, 0.1) is 6.42 Å². The van der Waals surface area contributed by atoms with Gasteiger partial charge in [-0.2, -0.15) is 0 Å². The van der Waals surface area contributed by atoms with Crippen LogP contribution in [0.2, 0.25) is 0 Å². The van der Waals surface area contributed by atoms with Crippen LogP contribution in [0.25, 0.3) is 0 Å². The monoisotopic (exact) mass is 300 g/mol. The van der Waals surface area contributed by atoms with Crippen molar-refractivity contribution in [1.29, 1.82) is 0 Å². The Hall–Kier alpha value is -1.35. The summed E-state index contributed by atoms with van der Waals surface area (Å²) in [6, 6.07) is 8.89. The highest BCUT2D eigenvalue weighted by molar-refractivity contribution is 5.79. The molecule has 22 heavy (non-hydrogen) atoms. The van der Waals surface area contributed by atoms with Gasteiger partial charge in [-0.3, -0.25) is 4.79 Å². The summed E-state index contributed by atoms with van der Waals surface area (Å²) < 4.78 is 0. The van der Waals surface area contributed by atoms with Gasteiger partial charge in [-0.05, 0) is 48.6 Å². The molecule has 3 atom stereocenters. The molecular weight excluding hydrogens is 272 g/mol. The molecule has 0 aromatic heterocycles. The molecule has 1 saturated carbocycles. The Morgan fingerprint density at radius 2 is 1.91 bits per heavy atom. The lowest BCUT2D eigenvalue weighted by molar-refractivity contribution is -0.129. The molecule has 0 spiro atoms. The summed E-state index contributed by atoms with van der Waals surface area (Å²) in [7, 11) is 0. The zero-order valence-corrected chi connectivity index (χ0v) is 13.6. The largest absolute Gasteiger partial charge is 0.342 e. The Morgan fingerprint density at radius 1 is 1.18 bits per heavy atom. The Kier molecular flexibility index (Phi) is 4.82. The van der Waals surface area contributed by atoms with E-state index in [4.69, 9.17) is 5.73 Å². The van der Waals surface area contributed by atoms with Crippen LogP contribution in [0.5, 0.6) is 0 Å². The van der Waals surface area contributed by atoms with E-state index in [0.717, 1.165) is 31.5 Å². The van der Waals surface area contributed by atoms with E-state index < -0.39 is 0 Å². The molecule has 1 amide bonds. The maximum Gasteiger partial charge on any atom is 0.227 e. The molecule has 3 heteroatoms. The standard InChI is InChI=1S/C19H28N2O/c1-2-3-4-14-5-7-15(8-6-14)11-19(22)21-12-16-9-10-18(20)17(16)13-21/h5-8,16-18H,2-4,9-13,20H2,1H3. The minimum absolute atomic E-state index is 0.267. The van der Waals surface area contributed by atoms with E-state index in [1.807, 2.05) is 4.90 Å². The third-order valence-corrected chi connectivity index (χ3v) is 5.46. The third-order valence-electron chi connectivity index (χ3n) is 5.46. The molecule has 1 heterocycles. The second-order valence-corrected chi connectivity index (χ2v) is 7.06. The molecule has 0 radical (unpaired) electrons. The third kappa shape index (κ3) is 3.35. The van der Waals surface area contributed by atoms with E-state index in [0.29, 0.717) is 24.3 Å². The van der Waals surface area contributed by atoms with E-state index in [1.54, 1.807) is 0 Å². The first-order valence-corrected chi connectivity index (χ1v) is 8.78. The molecule has 1 aliphatic carbocycles. The van der Waals surface area contributed by atoms with Crippen LogP contribution in [-0.2, 0) is 17.6 Å². The van der Waals surface area contributed by atoms with Gasteiger partial charge in [0.25, 0.3) is 0 Å². The van der Waals surface area contributed by atoms with Gasteiger partial charge in [0.1, 0.15) is 0 Å². The molecule has 1 aromatic carbocycles. The van der Waals surface area contributed by atoms with Crippen LogP contribution in [0.3, 0.4) is 0 Å². The molecule has 3 rings (SSSR count). The molecule has 3 unspecified atom stereocenters. The van der Waals surface area contributed by atoms with Crippen LogP contribution in [-0.4, -0.2) is 29.9 Å². The summed E-state index contributed by atoms with van der Waals surface area (Å²) in [6.07, 6.45) is 6.45. The van der Waals surface area contributed by atoms with Crippen molar-refractivity contribution in [3.8, 4) is 0 Å². The van der Waals surface area contributed by atoms with Crippen molar-refractivity contribution in [2.45, 2.75) is 51.5 Å². The summed E-state index contributed by atoms with van der Waals surface area (Å²) >= 11 is 0. The molecule has 1 saturated heterocycles. The van der Waals surface area contributed by atoms with Crippen molar-refractivity contribution in [3.63, 3.8) is 0 Å². The Labute approximate surface area is 133 Å². The summed E-state index contributed by atoms with van der Waals surface area (Å²) in [5, 5.41) is 0. The molecule has 120 valence electrons. The Bertz CT molecular complexity index is 511. The number of carbonyl (C=O) groups excluding carboxylic acids is 1. The first-order valence-electron chi connectivity index (χ1n) is 8.78. The lowest BCUT2D eigenvalue weighted by Gasteiger charge is -2.19. The number of aryl methyl sites for hydroxylation is 1. The summed E-state index contributed by atoms with van der Waals surface area (Å²) in [5.41, 5.74) is 8.66. The van der Waals surface area contributed by atoms with Gasteiger partial charge >= 0.3 is 0 Å². The number of nitrogens with two attached hydrogens (primary N) is 1. The predicted octanol–water partition coefficient (Wildman–Crippen LogP) is 2.77. The molecule has 1 aliphatic heterocycles. The van der Waals surface area contributed by atoms with Crippen molar-refractivity contribution in [2.24, 2.45) is 17.6 Å². The van der Waals surface area contributed by atoms with Crippen LogP contribution in [0.1, 0.15) is 43.7 Å². The van der Waals surface area contributed by atoms with Gasteiger partial charge in [-0.25, -0.2) is 0 Å². The average molecular weight is 300 g/mol. The van der Waals surface area contributed by atoms with Crippen molar-refractivity contribution in [2.75, 3.05) is 13.1 Å². The minimum atomic E-state index is 0.267. The molecule has 2 aliphatic rings. The molecule has 0 bridgehead atoms. The van der Waals surface area contributed by atoms with E-state index in [9.17, 15) is 4.79 Å². The number of carbonyl (C=O) groups is 1. The fourth-order valence-corrected chi connectivity index (χ4v) is 4.00. The molecule has 3 nitrogen and oxygen atoms in total. The van der Waals surface area contributed by atoms with E-state index in [2.05, 4.69) is 31.2 Å². The lowest BCUT2D eigenvalue weighted by atomic mass is 9.98. The van der Waals surface area contributed by atoms with Crippen molar-refractivity contribution in [1.82, 2.24) is 4.90 Å². The van der Waals surface area contributed by atoms with Gasteiger partial charge in [0.15, 0.2) is 0 Å². The number of benzene rings is 1. The maximum atomic E-state index is 12.5. The fraction of sp³-hybridized carbons (Fsp3) is 0.632. The Balaban J connectivity index is 1.54. The normalized spacial score (nSPS) is 27.2. The topological polar surface area (TPSA) is 46.3 Å². The first kappa shape index (κ1) is 15.5. The second kappa shape index (κ2) is 6.82. The van der Waals surface area contributed by atoms with E-state index >= 15 is 0 Å². The lowest BCUT2D eigenvalue weighted by Crippen LogP contribution is -2.34. The summed E-state index contributed by atoms with van der Waals surface area (Å²) in [4.78, 5) is 14.5. The number of hydrogen-bond donors (Lipinski definition) is 1. The van der Waals surface area contributed by atoms with Gasteiger partial charge in [-0.1, -0.05) is 37.6 Å². The quantitative estimate of drug-likeness (QED) is 0.909. The summed E-state index contributed by atoms with van der Waals surface area (Å²) in [6.45, 7) is 4.01. The Morgan fingerprint density at radius 3 is 2.59 bits per heavy atom. The van der Waals surface area contributed by atoms with Gasteiger partial charge in [-0.15, -0.1) is 0 Å². The van der Waals surface area contributed by atoms with Crippen LogP contribution >= 0.6 is 0 Å². The van der Waals surface area contributed by atoms with Crippen LogP contribution in [0.15, 0.2) is 24.3 Å². The molecule has 2 N–H and O–H groups in total. The van der Waals surface area contributed by atoms with Gasteiger partial charge < -0.3 is 10.6 Å². The number of hydrogen-bond acceptors (Lipinski definition) is 2. The first-order chi connectivity index (χ1) is 10.7. The molecule has 2 fully saturated rings. The molecule has 1 aromatic rings. The van der Waals surface area contributed by atoms with Crippen LogP contribution in [0, 0.1) is 11.8 Å². The number of amides is 1. The highest BCUT2D eigenvalue weighted by atomic mass is 16.2. The smallest absolute Gasteiger partial charge is 0.227 e. The van der Waals surface area contributed by atoms with Crippen LogP contribution < -0.4 is 5.73 Å².